The minimum Gasteiger partial charge on any atom is -0.381 e. The van der Waals surface area contributed by atoms with Crippen molar-refractivity contribution in [3.8, 4) is 0 Å². The Labute approximate surface area is 144 Å². The van der Waals surface area contributed by atoms with Crippen LogP contribution in [0.25, 0.3) is 0 Å². The van der Waals surface area contributed by atoms with Gasteiger partial charge in [-0.2, -0.15) is 0 Å². The molecule has 2 fully saturated rings. The molecule has 3 heterocycles. The molecule has 3 rings (SSSR count). The van der Waals surface area contributed by atoms with Crippen molar-refractivity contribution in [2.45, 2.75) is 58.2 Å². The van der Waals surface area contributed by atoms with Crippen LogP contribution in [-0.2, 0) is 9.53 Å². The lowest BCUT2D eigenvalue weighted by Crippen LogP contribution is -2.46. The van der Waals surface area contributed by atoms with E-state index in [4.69, 9.17) is 4.74 Å². The zero-order valence-corrected chi connectivity index (χ0v) is 15.0. The molecule has 0 aromatic carbocycles. The number of carbonyl (C=O) groups excluding carboxylic acids is 1. The fraction of sp³-hybridized carbons (Fsp3) is 0.684. The van der Waals surface area contributed by atoms with Gasteiger partial charge < -0.3 is 9.64 Å². The van der Waals surface area contributed by atoms with Crippen LogP contribution in [0.3, 0.4) is 0 Å². The van der Waals surface area contributed by atoms with Gasteiger partial charge in [0.1, 0.15) is 0 Å². The monoisotopic (exact) mass is 331 g/mol. The van der Waals surface area contributed by atoms with E-state index >= 15 is 0 Å². The molecule has 1 aromatic rings. The highest BCUT2D eigenvalue weighted by Crippen LogP contribution is 2.27. The van der Waals surface area contributed by atoms with Crippen molar-refractivity contribution in [2.75, 3.05) is 19.8 Å². The van der Waals surface area contributed by atoms with Crippen LogP contribution < -0.4 is 5.32 Å². The summed E-state index contributed by atoms with van der Waals surface area (Å²) in [5, 5.41) is 3.61. The number of hydrogen-bond acceptors (Lipinski definition) is 4. The van der Waals surface area contributed by atoms with Crippen LogP contribution in [0.5, 0.6) is 0 Å². The first-order valence-corrected chi connectivity index (χ1v) is 9.13. The van der Waals surface area contributed by atoms with E-state index in [1.807, 2.05) is 12.3 Å². The molecular formula is C19H29N3O2. The van der Waals surface area contributed by atoms with Crippen molar-refractivity contribution < 1.29 is 9.53 Å². The lowest BCUT2D eigenvalue weighted by atomic mass is 9.96. The van der Waals surface area contributed by atoms with Crippen molar-refractivity contribution in [2.24, 2.45) is 5.92 Å². The topological polar surface area (TPSA) is 54.5 Å². The van der Waals surface area contributed by atoms with Crippen molar-refractivity contribution in [3.05, 3.63) is 29.6 Å². The summed E-state index contributed by atoms with van der Waals surface area (Å²) < 4.78 is 5.43. The number of hydrogen-bond donors (Lipinski definition) is 1. The van der Waals surface area contributed by atoms with E-state index in [0.717, 1.165) is 44.7 Å². The van der Waals surface area contributed by atoms with Crippen LogP contribution in [0.1, 0.15) is 50.4 Å². The Morgan fingerprint density at radius 1 is 1.29 bits per heavy atom. The number of likely N-dealkylation sites (tertiary alicyclic amines) is 1. The first-order valence-electron chi connectivity index (χ1n) is 9.13. The number of carbonyl (C=O) groups is 1. The average Bonchev–Trinajstić information content (AvgIpc) is 2.95. The Hall–Kier alpha value is -1.46. The van der Waals surface area contributed by atoms with E-state index in [1.165, 1.54) is 5.56 Å². The van der Waals surface area contributed by atoms with E-state index in [1.54, 1.807) is 0 Å². The van der Waals surface area contributed by atoms with Gasteiger partial charge in [-0.05, 0) is 43.7 Å². The number of nitrogens with zero attached hydrogens (tertiary/aromatic N) is 2. The summed E-state index contributed by atoms with van der Waals surface area (Å²) in [5.41, 5.74) is 2.24. The molecule has 2 aliphatic rings. The summed E-state index contributed by atoms with van der Waals surface area (Å²) in [4.78, 5) is 19.5. The van der Waals surface area contributed by atoms with Gasteiger partial charge in [-0.15, -0.1) is 0 Å². The highest BCUT2D eigenvalue weighted by atomic mass is 16.5. The molecule has 1 aromatic heterocycles. The quantitative estimate of drug-likeness (QED) is 0.900. The maximum Gasteiger partial charge on any atom is 0.240 e. The number of aryl methyl sites for hydroxylation is 1. The van der Waals surface area contributed by atoms with Crippen LogP contribution in [0.15, 0.2) is 18.3 Å². The second kappa shape index (κ2) is 7.62. The molecule has 1 N–H and O–H groups in total. The summed E-state index contributed by atoms with van der Waals surface area (Å²) in [6.45, 7) is 8.85. The van der Waals surface area contributed by atoms with E-state index in [0.29, 0.717) is 12.0 Å². The van der Waals surface area contributed by atoms with E-state index < -0.39 is 0 Å². The van der Waals surface area contributed by atoms with Gasteiger partial charge >= 0.3 is 0 Å². The van der Waals surface area contributed by atoms with Crippen molar-refractivity contribution in [1.82, 2.24) is 15.2 Å². The molecule has 5 nitrogen and oxygen atoms in total. The molecule has 2 atom stereocenters. The number of pyridine rings is 1. The normalized spacial score (nSPS) is 23.9. The highest BCUT2D eigenvalue weighted by molar-refractivity contribution is 5.84. The fourth-order valence-corrected chi connectivity index (χ4v) is 3.84. The van der Waals surface area contributed by atoms with Gasteiger partial charge in [-0.3, -0.25) is 15.1 Å². The molecule has 5 heteroatoms. The standard InChI is InChI=1S/C19H29N3O2/c1-13(2)17(18-14(3)5-4-9-20-18)21-16-6-10-22(19(16)23)15-7-11-24-12-8-15/h4-5,9,13,15-17,21H,6-8,10-12H2,1-3H3/t16-,17+/m1/s1. The molecule has 0 radical (unpaired) electrons. The molecule has 0 spiro atoms. The number of aromatic nitrogens is 1. The molecular weight excluding hydrogens is 302 g/mol. The number of amides is 1. The molecule has 1 amide bonds. The van der Waals surface area contributed by atoms with Gasteiger partial charge in [-0.1, -0.05) is 19.9 Å². The Balaban J connectivity index is 1.70. The summed E-state index contributed by atoms with van der Waals surface area (Å²) in [5.74, 6) is 0.629. The zero-order chi connectivity index (χ0) is 17.1. The van der Waals surface area contributed by atoms with Crippen LogP contribution in [-0.4, -0.2) is 47.6 Å². The van der Waals surface area contributed by atoms with Crippen LogP contribution in [0, 0.1) is 12.8 Å². The third-order valence-corrected chi connectivity index (χ3v) is 5.26. The minimum absolute atomic E-state index is 0.0957. The summed E-state index contributed by atoms with van der Waals surface area (Å²) >= 11 is 0. The maximum atomic E-state index is 12.9. The minimum atomic E-state index is -0.0957. The fourth-order valence-electron chi connectivity index (χ4n) is 3.84. The molecule has 2 aliphatic heterocycles. The third kappa shape index (κ3) is 3.62. The molecule has 0 unspecified atom stereocenters. The van der Waals surface area contributed by atoms with Crippen LogP contribution in [0.4, 0.5) is 0 Å². The van der Waals surface area contributed by atoms with Crippen LogP contribution in [0.2, 0.25) is 0 Å². The molecule has 132 valence electrons. The smallest absolute Gasteiger partial charge is 0.240 e. The van der Waals surface area contributed by atoms with Crippen molar-refractivity contribution >= 4 is 5.91 Å². The summed E-state index contributed by atoms with van der Waals surface area (Å²) in [7, 11) is 0. The van der Waals surface area contributed by atoms with Gasteiger partial charge in [0.05, 0.1) is 17.8 Å². The summed E-state index contributed by atoms with van der Waals surface area (Å²) in [6.07, 6.45) is 4.65. The number of nitrogens with one attached hydrogen (secondary N) is 1. The van der Waals surface area contributed by atoms with Gasteiger partial charge in [0.2, 0.25) is 5.91 Å². The lowest BCUT2D eigenvalue weighted by Gasteiger charge is -2.32. The Morgan fingerprint density at radius 3 is 2.71 bits per heavy atom. The van der Waals surface area contributed by atoms with Crippen molar-refractivity contribution in [3.63, 3.8) is 0 Å². The summed E-state index contributed by atoms with van der Waals surface area (Å²) in [6, 6.07) is 4.41. The maximum absolute atomic E-state index is 12.9. The Kier molecular flexibility index (Phi) is 5.51. The third-order valence-electron chi connectivity index (χ3n) is 5.26. The van der Waals surface area contributed by atoms with E-state index in [-0.39, 0.29) is 18.0 Å². The van der Waals surface area contributed by atoms with Gasteiger partial charge in [0, 0.05) is 32.0 Å². The zero-order valence-electron chi connectivity index (χ0n) is 15.0. The molecule has 24 heavy (non-hydrogen) atoms. The molecule has 0 aliphatic carbocycles. The first-order chi connectivity index (χ1) is 11.6. The predicted octanol–water partition coefficient (Wildman–Crippen LogP) is 2.46. The molecule has 2 saturated heterocycles. The van der Waals surface area contributed by atoms with Gasteiger partial charge in [0.25, 0.3) is 0 Å². The van der Waals surface area contributed by atoms with Crippen LogP contribution >= 0.6 is 0 Å². The highest BCUT2D eigenvalue weighted by Gasteiger charge is 2.38. The number of ether oxygens (including phenoxy) is 1. The Morgan fingerprint density at radius 2 is 2.04 bits per heavy atom. The predicted molar refractivity (Wildman–Crippen MR) is 93.6 cm³/mol. The van der Waals surface area contributed by atoms with Gasteiger partial charge in [-0.25, -0.2) is 0 Å². The molecule has 0 saturated carbocycles. The molecule has 0 bridgehead atoms. The Bertz CT molecular complexity index is 569. The number of rotatable bonds is 5. The second-order valence-corrected chi connectivity index (χ2v) is 7.31. The van der Waals surface area contributed by atoms with Crippen molar-refractivity contribution in [1.29, 1.82) is 0 Å². The van der Waals surface area contributed by atoms with Gasteiger partial charge in [0.15, 0.2) is 0 Å². The van der Waals surface area contributed by atoms with E-state index in [2.05, 4.69) is 42.0 Å². The lowest BCUT2D eigenvalue weighted by molar-refractivity contribution is -0.133. The largest absolute Gasteiger partial charge is 0.381 e. The first kappa shape index (κ1) is 17.4. The van der Waals surface area contributed by atoms with E-state index in [9.17, 15) is 4.79 Å². The SMILES string of the molecule is Cc1cccnc1[C@@H](N[C@@H]1CCN(C2CCOCC2)C1=O)C(C)C. The average molecular weight is 331 g/mol. The second-order valence-electron chi connectivity index (χ2n) is 7.31.